The van der Waals surface area contributed by atoms with Crippen LogP contribution in [0.2, 0.25) is 5.02 Å². The molecule has 0 aliphatic carbocycles. The predicted molar refractivity (Wildman–Crippen MR) is 90.9 cm³/mol. The molecule has 2 rings (SSSR count). The Labute approximate surface area is 140 Å². The average molecular weight is 332 g/mol. The Hall–Kier alpha value is -2.33. The molecule has 0 unspecified atom stereocenters. The van der Waals surface area contributed by atoms with Crippen molar-refractivity contribution in [1.29, 1.82) is 0 Å². The molecule has 0 aromatic heterocycles. The van der Waals surface area contributed by atoms with Gasteiger partial charge in [0.25, 0.3) is 5.91 Å². The minimum atomic E-state index is -0.905. The normalized spacial score (nSPS) is 11.7. The van der Waals surface area contributed by atoms with Gasteiger partial charge < -0.3 is 10.1 Å². The summed E-state index contributed by atoms with van der Waals surface area (Å²) < 4.78 is 5.25. The first-order valence-electron chi connectivity index (χ1n) is 7.22. The molecule has 0 spiro atoms. The number of hydrogen-bond acceptors (Lipinski definition) is 3. The van der Waals surface area contributed by atoms with Gasteiger partial charge in [-0.25, -0.2) is 4.79 Å². The molecule has 1 N–H and O–H groups in total. The van der Waals surface area contributed by atoms with Gasteiger partial charge in [0.2, 0.25) is 0 Å². The highest BCUT2D eigenvalue weighted by molar-refractivity contribution is 6.30. The van der Waals surface area contributed by atoms with Crippen molar-refractivity contribution >= 4 is 29.2 Å². The maximum absolute atomic E-state index is 12.2. The third-order valence-electron chi connectivity index (χ3n) is 3.59. The maximum Gasteiger partial charge on any atom is 0.339 e. The van der Waals surface area contributed by atoms with E-state index in [2.05, 4.69) is 5.32 Å². The maximum atomic E-state index is 12.2. The number of anilines is 1. The van der Waals surface area contributed by atoms with Crippen LogP contribution in [-0.4, -0.2) is 18.0 Å². The summed E-state index contributed by atoms with van der Waals surface area (Å²) in [6.45, 7) is 5.31. The van der Waals surface area contributed by atoms with Crippen LogP contribution in [-0.2, 0) is 9.53 Å². The van der Waals surface area contributed by atoms with Crippen LogP contribution in [0.5, 0.6) is 0 Å². The van der Waals surface area contributed by atoms with Crippen LogP contribution >= 0.6 is 11.6 Å². The Morgan fingerprint density at radius 3 is 2.39 bits per heavy atom. The number of rotatable bonds is 4. The summed E-state index contributed by atoms with van der Waals surface area (Å²) in [4.78, 5) is 24.3. The molecule has 0 saturated carbocycles. The van der Waals surface area contributed by atoms with Gasteiger partial charge in [0, 0.05) is 10.7 Å². The number of ether oxygens (including phenoxy) is 1. The fourth-order valence-electron chi connectivity index (χ4n) is 2.03. The number of benzene rings is 2. The first-order chi connectivity index (χ1) is 10.9. The molecule has 0 radical (unpaired) electrons. The molecule has 0 saturated heterocycles. The molecule has 1 amide bonds. The number of esters is 1. The fraction of sp³-hybridized carbons (Fsp3) is 0.222. The SMILES string of the molecule is Cc1cccc(C(=O)O[C@H](C)C(=O)Nc2ccc(Cl)cc2)c1C. The van der Waals surface area contributed by atoms with Crippen LogP contribution in [0.3, 0.4) is 0 Å². The van der Waals surface area contributed by atoms with Crippen molar-refractivity contribution in [2.75, 3.05) is 5.32 Å². The first kappa shape index (κ1) is 17.0. The third kappa shape index (κ3) is 4.33. The lowest BCUT2D eigenvalue weighted by molar-refractivity contribution is -0.123. The molecular formula is C18H18ClNO3. The second-order valence-corrected chi connectivity index (χ2v) is 5.73. The highest BCUT2D eigenvalue weighted by atomic mass is 35.5. The van der Waals surface area contributed by atoms with Gasteiger partial charge in [0.1, 0.15) is 0 Å². The van der Waals surface area contributed by atoms with Gasteiger partial charge >= 0.3 is 5.97 Å². The molecule has 0 aliphatic heterocycles. The van der Waals surface area contributed by atoms with Crippen molar-refractivity contribution in [2.45, 2.75) is 26.9 Å². The molecule has 1 atom stereocenters. The molecule has 0 fully saturated rings. The largest absolute Gasteiger partial charge is 0.449 e. The number of carbonyl (C=O) groups is 2. The van der Waals surface area contributed by atoms with E-state index in [1.165, 1.54) is 6.92 Å². The van der Waals surface area contributed by atoms with Crippen molar-refractivity contribution in [3.05, 3.63) is 64.2 Å². The Morgan fingerprint density at radius 2 is 1.74 bits per heavy atom. The second-order valence-electron chi connectivity index (χ2n) is 5.29. The number of hydrogen-bond donors (Lipinski definition) is 1. The summed E-state index contributed by atoms with van der Waals surface area (Å²) >= 11 is 5.79. The fourth-order valence-corrected chi connectivity index (χ4v) is 2.15. The zero-order valence-electron chi connectivity index (χ0n) is 13.2. The molecule has 2 aromatic rings. The van der Waals surface area contributed by atoms with Crippen molar-refractivity contribution in [2.24, 2.45) is 0 Å². The van der Waals surface area contributed by atoms with E-state index in [0.29, 0.717) is 16.3 Å². The summed E-state index contributed by atoms with van der Waals surface area (Å²) in [5.74, 6) is -0.907. The van der Waals surface area contributed by atoms with Crippen LogP contribution in [0.15, 0.2) is 42.5 Å². The van der Waals surface area contributed by atoms with Crippen LogP contribution < -0.4 is 5.32 Å². The molecule has 0 aliphatic rings. The van der Waals surface area contributed by atoms with Crippen LogP contribution in [0.25, 0.3) is 0 Å². The van der Waals surface area contributed by atoms with Crippen LogP contribution in [0.1, 0.15) is 28.4 Å². The van der Waals surface area contributed by atoms with Gasteiger partial charge in [0.15, 0.2) is 6.10 Å². The minimum absolute atomic E-state index is 0.397. The van der Waals surface area contributed by atoms with Gasteiger partial charge in [-0.05, 0) is 62.2 Å². The molecule has 5 heteroatoms. The lowest BCUT2D eigenvalue weighted by Gasteiger charge is -2.15. The smallest absolute Gasteiger partial charge is 0.339 e. The summed E-state index contributed by atoms with van der Waals surface area (Å²) in [7, 11) is 0. The summed E-state index contributed by atoms with van der Waals surface area (Å²) in [5, 5.41) is 3.26. The van der Waals surface area contributed by atoms with Gasteiger partial charge in [0.05, 0.1) is 5.56 Å². The minimum Gasteiger partial charge on any atom is -0.449 e. The van der Waals surface area contributed by atoms with E-state index in [-0.39, 0.29) is 0 Å². The molecule has 4 nitrogen and oxygen atoms in total. The molecule has 0 bridgehead atoms. The van der Waals surface area contributed by atoms with Gasteiger partial charge in [-0.1, -0.05) is 23.7 Å². The lowest BCUT2D eigenvalue weighted by atomic mass is 10.0. The number of aryl methyl sites for hydroxylation is 1. The molecule has 23 heavy (non-hydrogen) atoms. The van der Waals surface area contributed by atoms with Crippen molar-refractivity contribution < 1.29 is 14.3 Å². The Kier molecular flexibility index (Phi) is 5.40. The van der Waals surface area contributed by atoms with Gasteiger partial charge in [-0.2, -0.15) is 0 Å². The highest BCUT2D eigenvalue weighted by Gasteiger charge is 2.20. The van der Waals surface area contributed by atoms with E-state index < -0.39 is 18.0 Å². The molecule has 2 aromatic carbocycles. The topological polar surface area (TPSA) is 55.4 Å². The summed E-state index contributed by atoms with van der Waals surface area (Å²) in [6, 6.07) is 12.1. The molecule has 120 valence electrons. The van der Waals surface area contributed by atoms with Crippen molar-refractivity contribution in [3.8, 4) is 0 Å². The van der Waals surface area contributed by atoms with E-state index in [9.17, 15) is 9.59 Å². The predicted octanol–water partition coefficient (Wildman–Crippen LogP) is 4.14. The summed E-state index contributed by atoms with van der Waals surface area (Å²) in [5.41, 5.74) is 2.91. The lowest BCUT2D eigenvalue weighted by Crippen LogP contribution is -2.30. The van der Waals surface area contributed by atoms with E-state index >= 15 is 0 Å². The summed E-state index contributed by atoms with van der Waals surface area (Å²) in [6.07, 6.45) is -0.905. The van der Waals surface area contributed by atoms with E-state index in [4.69, 9.17) is 16.3 Å². The van der Waals surface area contributed by atoms with Gasteiger partial charge in [-0.15, -0.1) is 0 Å². The standard InChI is InChI=1S/C18H18ClNO3/c1-11-5-4-6-16(12(11)2)18(22)23-13(3)17(21)20-15-9-7-14(19)8-10-15/h4-10,13H,1-3H3,(H,20,21)/t13-/m1/s1. The van der Waals surface area contributed by atoms with E-state index in [1.54, 1.807) is 36.4 Å². The van der Waals surface area contributed by atoms with Crippen LogP contribution in [0, 0.1) is 13.8 Å². The zero-order chi connectivity index (χ0) is 17.0. The number of nitrogens with one attached hydrogen (secondary N) is 1. The third-order valence-corrected chi connectivity index (χ3v) is 3.84. The number of amides is 1. The van der Waals surface area contributed by atoms with Crippen molar-refractivity contribution in [3.63, 3.8) is 0 Å². The Morgan fingerprint density at radius 1 is 1.09 bits per heavy atom. The first-order valence-corrected chi connectivity index (χ1v) is 7.60. The average Bonchev–Trinajstić information content (AvgIpc) is 2.52. The zero-order valence-corrected chi connectivity index (χ0v) is 14.0. The van der Waals surface area contributed by atoms with E-state index in [1.807, 2.05) is 19.9 Å². The highest BCUT2D eigenvalue weighted by Crippen LogP contribution is 2.16. The second kappa shape index (κ2) is 7.29. The number of carbonyl (C=O) groups excluding carboxylic acids is 2. The van der Waals surface area contributed by atoms with Gasteiger partial charge in [-0.3, -0.25) is 4.79 Å². The quantitative estimate of drug-likeness (QED) is 0.857. The van der Waals surface area contributed by atoms with E-state index in [0.717, 1.165) is 11.1 Å². The Bertz CT molecular complexity index is 726. The Balaban J connectivity index is 2.01. The van der Waals surface area contributed by atoms with Crippen LogP contribution in [0.4, 0.5) is 5.69 Å². The molecule has 0 heterocycles. The monoisotopic (exact) mass is 331 g/mol. The van der Waals surface area contributed by atoms with Crippen molar-refractivity contribution in [1.82, 2.24) is 0 Å². The number of halogens is 1. The molecular weight excluding hydrogens is 314 g/mol.